The Balaban J connectivity index is 1.44. The zero-order valence-electron chi connectivity index (χ0n) is 17.7. The second kappa shape index (κ2) is 10.0. The molecule has 1 aromatic carbocycles. The zero-order valence-corrected chi connectivity index (χ0v) is 19.4. The first kappa shape index (κ1) is 23.4. The average molecular weight is 496 g/mol. The number of ether oxygens (including phenoxy) is 1. The van der Waals surface area contributed by atoms with E-state index in [4.69, 9.17) is 9.15 Å². The molecular formula is C20H22FN5O5S2. The van der Waals surface area contributed by atoms with Gasteiger partial charge in [0.2, 0.25) is 15.9 Å². The zero-order chi connectivity index (χ0) is 23.4. The van der Waals surface area contributed by atoms with Gasteiger partial charge in [-0.25, -0.2) is 12.8 Å². The maximum Gasteiger partial charge on any atom is 0.246 e. The van der Waals surface area contributed by atoms with Gasteiger partial charge in [0, 0.05) is 25.3 Å². The maximum atomic E-state index is 14.3. The molecule has 1 aliphatic rings. The van der Waals surface area contributed by atoms with E-state index in [0.717, 1.165) is 12.1 Å². The molecule has 0 spiro atoms. The summed E-state index contributed by atoms with van der Waals surface area (Å²) in [7, 11) is -4.04. The van der Waals surface area contributed by atoms with Gasteiger partial charge in [-0.2, -0.15) is 4.31 Å². The van der Waals surface area contributed by atoms with Crippen molar-refractivity contribution in [1.82, 2.24) is 19.1 Å². The Kier molecular flexibility index (Phi) is 7.12. The number of sulfonamides is 1. The van der Waals surface area contributed by atoms with Gasteiger partial charge in [0.15, 0.2) is 16.7 Å². The van der Waals surface area contributed by atoms with Crippen LogP contribution in [-0.2, 0) is 26.1 Å². The third kappa shape index (κ3) is 5.11. The number of morpholine rings is 1. The maximum absolute atomic E-state index is 14.3. The summed E-state index contributed by atoms with van der Waals surface area (Å²) in [6.07, 6.45) is 1.54. The lowest BCUT2D eigenvalue weighted by atomic mass is 10.3. The number of halogens is 1. The van der Waals surface area contributed by atoms with E-state index in [1.54, 1.807) is 18.4 Å². The summed E-state index contributed by atoms with van der Waals surface area (Å²) >= 11 is 1.17. The third-order valence-electron chi connectivity index (χ3n) is 4.91. The Labute approximate surface area is 194 Å². The molecule has 1 N–H and O–H groups in total. The highest BCUT2D eigenvalue weighted by atomic mass is 32.2. The van der Waals surface area contributed by atoms with Gasteiger partial charge in [-0.1, -0.05) is 11.8 Å². The van der Waals surface area contributed by atoms with Gasteiger partial charge in [0.25, 0.3) is 0 Å². The molecule has 176 valence electrons. The van der Waals surface area contributed by atoms with Gasteiger partial charge < -0.3 is 14.5 Å². The summed E-state index contributed by atoms with van der Waals surface area (Å²) in [5.74, 6) is -0.149. The van der Waals surface area contributed by atoms with Crippen LogP contribution in [0.1, 0.15) is 6.92 Å². The number of hydrogen-bond donors (Lipinski definition) is 1. The Morgan fingerprint density at radius 2 is 2.03 bits per heavy atom. The second-order valence-electron chi connectivity index (χ2n) is 7.03. The molecule has 3 aromatic rings. The van der Waals surface area contributed by atoms with Crippen LogP contribution in [0.5, 0.6) is 0 Å². The minimum absolute atomic E-state index is 0.000782. The highest BCUT2D eigenvalue weighted by molar-refractivity contribution is 7.99. The van der Waals surface area contributed by atoms with Crippen LogP contribution in [0.15, 0.2) is 51.1 Å². The number of furan rings is 1. The molecular weight excluding hydrogens is 473 g/mol. The minimum atomic E-state index is -4.04. The molecule has 1 amide bonds. The fourth-order valence-electron chi connectivity index (χ4n) is 3.30. The number of amides is 1. The van der Waals surface area contributed by atoms with E-state index >= 15 is 0 Å². The predicted molar refractivity (Wildman–Crippen MR) is 119 cm³/mol. The summed E-state index contributed by atoms with van der Waals surface area (Å²) in [6, 6.07) is 7.00. The average Bonchev–Trinajstić information content (AvgIpc) is 3.49. The third-order valence-corrected chi connectivity index (χ3v) is 7.79. The lowest BCUT2D eigenvalue weighted by Gasteiger charge is -2.26. The number of thioether (sulfide) groups is 1. The summed E-state index contributed by atoms with van der Waals surface area (Å²) < 4.78 is 53.5. The van der Waals surface area contributed by atoms with Crippen LogP contribution in [0.3, 0.4) is 0 Å². The van der Waals surface area contributed by atoms with Crippen molar-refractivity contribution in [2.45, 2.75) is 23.5 Å². The van der Waals surface area contributed by atoms with Crippen LogP contribution >= 0.6 is 11.8 Å². The monoisotopic (exact) mass is 495 g/mol. The summed E-state index contributed by atoms with van der Waals surface area (Å²) in [5, 5.41) is 11.4. The highest BCUT2D eigenvalue weighted by Gasteiger charge is 2.29. The number of carbonyl (C=O) groups is 1. The van der Waals surface area contributed by atoms with Crippen LogP contribution in [0.4, 0.5) is 10.1 Å². The Bertz CT molecular complexity index is 1220. The van der Waals surface area contributed by atoms with Gasteiger partial charge >= 0.3 is 0 Å². The van der Waals surface area contributed by atoms with E-state index in [9.17, 15) is 17.6 Å². The van der Waals surface area contributed by atoms with Crippen LogP contribution in [0, 0.1) is 5.82 Å². The topological polar surface area (TPSA) is 120 Å². The first-order valence-electron chi connectivity index (χ1n) is 10.2. The lowest BCUT2D eigenvalue weighted by molar-refractivity contribution is -0.113. The van der Waals surface area contributed by atoms with Gasteiger partial charge in [-0.05, 0) is 37.3 Å². The quantitative estimate of drug-likeness (QED) is 0.473. The molecule has 0 radical (unpaired) electrons. The normalized spacial score (nSPS) is 15.0. The first-order chi connectivity index (χ1) is 15.9. The number of carbonyl (C=O) groups excluding carboxylic acids is 1. The molecule has 0 bridgehead atoms. The van der Waals surface area contributed by atoms with Crippen molar-refractivity contribution < 1.29 is 26.8 Å². The molecule has 33 heavy (non-hydrogen) atoms. The molecule has 0 unspecified atom stereocenters. The van der Waals surface area contributed by atoms with E-state index in [1.165, 1.54) is 22.1 Å². The smallest absolute Gasteiger partial charge is 0.246 e. The molecule has 1 aliphatic heterocycles. The van der Waals surface area contributed by atoms with Crippen LogP contribution in [0.2, 0.25) is 0 Å². The van der Waals surface area contributed by atoms with Crippen molar-refractivity contribution in [3.63, 3.8) is 0 Å². The number of aromatic nitrogens is 3. The van der Waals surface area contributed by atoms with Crippen molar-refractivity contribution in [2.75, 3.05) is 37.4 Å². The molecule has 0 saturated carbocycles. The molecule has 1 saturated heterocycles. The molecule has 3 heterocycles. The van der Waals surface area contributed by atoms with Crippen molar-refractivity contribution in [1.29, 1.82) is 0 Å². The number of hydrogen-bond acceptors (Lipinski definition) is 8. The fourth-order valence-corrected chi connectivity index (χ4v) is 5.60. The SMILES string of the molecule is CCn1c(SCC(=O)Nc2ccc(F)c(S(=O)(=O)N3CCOCC3)c2)nnc1-c1ccco1. The molecule has 0 aliphatic carbocycles. The Hall–Kier alpha value is -2.74. The van der Waals surface area contributed by atoms with Crippen LogP contribution in [-0.4, -0.2) is 65.5 Å². The number of nitrogens with zero attached hydrogens (tertiary/aromatic N) is 4. The molecule has 13 heteroatoms. The summed E-state index contributed by atoms with van der Waals surface area (Å²) in [4.78, 5) is 12.0. The number of rotatable bonds is 8. The van der Waals surface area contributed by atoms with Gasteiger partial charge in [-0.3, -0.25) is 9.36 Å². The van der Waals surface area contributed by atoms with E-state index < -0.39 is 26.6 Å². The van der Waals surface area contributed by atoms with E-state index in [1.807, 2.05) is 11.5 Å². The highest BCUT2D eigenvalue weighted by Crippen LogP contribution is 2.26. The lowest BCUT2D eigenvalue weighted by Crippen LogP contribution is -2.40. The second-order valence-corrected chi connectivity index (χ2v) is 9.88. The Morgan fingerprint density at radius 3 is 2.73 bits per heavy atom. The fraction of sp³-hybridized carbons (Fsp3) is 0.350. The number of nitrogens with one attached hydrogen (secondary N) is 1. The van der Waals surface area contributed by atoms with E-state index in [2.05, 4.69) is 15.5 Å². The van der Waals surface area contributed by atoms with E-state index in [-0.39, 0.29) is 37.7 Å². The predicted octanol–water partition coefficient (Wildman–Crippen LogP) is 2.45. The van der Waals surface area contributed by atoms with E-state index in [0.29, 0.717) is 23.3 Å². The molecule has 1 fully saturated rings. The van der Waals surface area contributed by atoms with Gasteiger partial charge in [-0.15, -0.1) is 10.2 Å². The Morgan fingerprint density at radius 1 is 1.24 bits per heavy atom. The standard InChI is InChI=1S/C20H22FN5O5S2/c1-2-26-19(16-4-3-9-31-16)23-24-20(26)32-13-18(27)22-14-5-6-15(21)17(12-14)33(28,29)25-7-10-30-11-8-25/h3-6,9,12H,2,7-8,10-11,13H2,1H3,(H,22,27). The van der Waals surface area contributed by atoms with Crippen molar-refractivity contribution in [3.8, 4) is 11.6 Å². The van der Waals surface area contributed by atoms with Crippen LogP contribution in [0.25, 0.3) is 11.6 Å². The number of anilines is 1. The van der Waals surface area contributed by atoms with Gasteiger partial charge in [0.05, 0.1) is 25.2 Å². The first-order valence-corrected chi connectivity index (χ1v) is 12.6. The van der Waals surface area contributed by atoms with Gasteiger partial charge in [0.1, 0.15) is 10.7 Å². The molecule has 0 atom stereocenters. The van der Waals surface area contributed by atoms with Crippen LogP contribution < -0.4 is 5.32 Å². The van der Waals surface area contributed by atoms with Crippen molar-refractivity contribution in [3.05, 3.63) is 42.4 Å². The molecule has 10 nitrogen and oxygen atoms in total. The van der Waals surface area contributed by atoms with Crippen molar-refractivity contribution >= 4 is 33.4 Å². The largest absolute Gasteiger partial charge is 0.461 e. The summed E-state index contributed by atoms with van der Waals surface area (Å²) in [6.45, 7) is 3.29. The minimum Gasteiger partial charge on any atom is -0.461 e. The molecule has 4 rings (SSSR count). The molecule has 2 aromatic heterocycles. The summed E-state index contributed by atoms with van der Waals surface area (Å²) in [5.41, 5.74) is 0.182. The van der Waals surface area contributed by atoms with Crippen molar-refractivity contribution in [2.24, 2.45) is 0 Å². The number of benzene rings is 1.